The van der Waals surface area contributed by atoms with E-state index in [1.165, 1.54) is 9.13 Å². The van der Waals surface area contributed by atoms with Crippen LogP contribution in [-0.4, -0.2) is 36.7 Å². The minimum Gasteiger partial charge on any atom is -0.481 e. The molecule has 9 nitrogen and oxygen atoms in total. The molecule has 0 atom stereocenters. The molecule has 2 rings (SSSR count). The summed E-state index contributed by atoms with van der Waals surface area (Å²) in [6, 6.07) is 0. The Morgan fingerprint density at radius 2 is 2.14 bits per heavy atom. The highest BCUT2D eigenvalue weighted by Gasteiger charge is 2.15. The molecule has 0 aliphatic rings. The van der Waals surface area contributed by atoms with Crippen LogP contribution in [0.3, 0.4) is 0 Å². The van der Waals surface area contributed by atoms with Crippen molar-refractivity contribution in [3.8, 4) is 0 Å². The van der Waals surface area contributed by atoms with Crippen LogP contribution in [-0.2, 0) is 18.4 Å². The van der Waals surface area contributed by atoms with E-state index in [9.17, 15) is 14.4 Å². The van der Waals surface area contributed by atoms with Gasteiger partial charge in [0.2, 0.25) is 5.95 Å². The summed E-state index contributed by atoms with van der Waals surface area (Å²) in [5, 5.41) is 11.5. The van der Waals surface area contributed by atoms with Crippen molar-refractivity contribution in [2.45, 2.75) is 26.3 Å². The number of hydrogen-bond acceptors (Lipinski definition) is 5. The molecule has 0 saturated carbocycles. The Labute approximate surface area is 119 Å². The van der Waals surface area contributed by atoms with E-state index in [1.54, 1.807) is 7.05 Å². The molecule has 0 bridgehead atoms. The number of anilines is 1. The molecule has 0 unspecified atom stereocenters. The number of carboxylic acids is 1. The summed E-state index contributed by atoms with van der Waals surface area (Å²) in [6.07, 6.45) is 0.654. The lowest BCUT2D eigenvalue weighted by Gasteiger charge is -2.04. The number of imidazole rings is 1. The standard InChI is InChI=1S/C12H17N5O4/c1-3-6-17-9-8(10(20)15-12(17)21)16(2)11(14-9)13-5-4-7(18)19/h3-6H2,1-2H3,(H,13,14)(H,18,19)(H,15,20,21). The summed E-state index contributed by atoms with van der Waals surface area (Å²) in [5.74, 6) is -0.575. The fraction of sp³-hybridized carbons (Fsp3) is 0.500. The first-order chi connectivity index (χ1) is 9.95. The molecule has 0 spiro atoms. The third-order valence-corrected chi connectivity index (χ3v) is 3.08. The number of aromatic nitrogens is 4. The minimum absolute atomic E-state index is 0.0681. The van der Waals surface area contributed by atoms with Gasteiger partial charge in [-0.3, -0.25) is 19.1 Å². The number of H-pyrrole nitrogens is 1. The smallest absolute Gasteiger partial charge is 0.330 e. The van der Waals surface area contributed by atoms with Gasteiger partial charge < -0.3 is 15.0 Å². The molecular weight excluding hydrogens is 278 g/mol. The van der Waals surface area contributed by atoms with Crippen LogP contribution in [0.2, 0.25) is 0 Å². The summed E-state index contributed by atoms with van der Waals surface area (Å²) in [7, 11) is 1.63. The summed E-state index contributed by atoms with van der Waals surface area (Å²) in [4.78, 5) is 40.8. The number of nitrogens with one attached hydrogen (secondary N) is 2. The predicted molar refractivity (Wildman–Crippen MR) is 76.6 cm³/mol. The SMILES string of the molecule is CCCn1c(=O)[nH]c(=O)c2c1nc(NCCC(=O)O)n2C. The summed E-state index contributed by atoms with van der Waals surface area (Å²) >= 11 is 0. The second-order valence-corrected chi connectivity index (χ2v) is 4.65. The van der Waals surface area contributed by atoms with Crippen LogP contribution in [0.25, 0.3) is 11.2 Å². The van der Waals surface area contributed by atoms with Gasteiger partial charge in [0.25, 0.3) is 5.56 Å². The Morgan fingerprint density at radius 1 is 1.43 bits per heavy atom. The Bertz CT molecular complexity index is 785. The Hall–Kier alpha value is -2.58. The molecule has 0 radical (unpaired) electrons. The van der Waals surface area contributed by atoms with Crippen molar-refractivity contribution in [1.82, 2.24) is 19.1 Å². The van der Waals surface area contributed by atoms with E-state index in [2.05, 4.69) is 15.3 Å². The number of aromatic amines is 1. The van der Waals surface area contributed by atoms with E-state index in [4.69, 9.17) is 5.11 Å². The molecule has 3 N–H and O–H groups in total. The van der Waals surface area contributed by atoms with Crippen LogP contribution >= 0.6 is 0 Å². The maximum Gasteiger partial charge on any atom is 0.330 e. The number of carboxylic acid groups (broad SMARTS) is 1. The van der Waals surface area contributed by atoms with Gasteiger partial charge in [-0.15, -0.1) is 0 Å². The van der Waals surface area contributed by atoms with Crippen LogP contribution in [0.4, 0.5) is 5.95 Å². The molecule has 0 aliphatic carbocycles. The lowest BCUT2D eigenvalue weighted by atomic mass is 10.4. The summed E-state index contributed by atoms with van der Waals surface area (Å²) in [6.45, 7) is 2.54. The normalized spacial score (nSPS) is 11.0. The number of aryl methyl sites for hydroxylation is 2. The summed E-state index contributed by atoms with van der Waals surface area (Å²) in [5.41, 5.74) is -0.431. The van der Waals surface area contributed by atoms with Crippen molar-refractivity contribution < 1.29 is 9.90 Å². The third kappa shape index (κ3) is 2.81. The van der Waals surface area contributed by atoms with Crippen molar-refractivity contribution in [1.29, 1.82) is 0 Å². The first-order valence-electron chi connectivity index (χ1n) is 6.61. The Kier molecular flexibility index (Phi) is 4.10. The first-order valence-corrected chi connectivity index (χ1v) is 6.61. The molecule has 21 heavy (non-hydrogen) atoms. The fourth-order valence-corrected chi connectivity index (χ4v) is 2.12. The highest BCUT2D eigenvalue weighted by molar-refractivity contribution is 5.74. The maximum absolute atomic E-state index is 11.9. The zero-order valence-electron chi connectivity index (χ0n) is 11.8. The van der Waals surface area contributed by atoms with Gasteiger partial charge in [0, 0.05) is 20.1 Å². The van der Waals surface area contributed by atoms with Gasteiger partial charge >= 0.3 is 11.7 Å². The average Bonchev–Trinajstić information content (AvgIpc) is 2.72. The highest BCUT2D eigenvalue weighted by Crippen LogP contribution is 2.13. The molecule has 2 aromatic rings. The molecule has 0 fully saturated rings. The number of rotatable bonds is 6. The van der Waals surface area contributed by atoms with E-state index in [0.29, 0.717) is 18.1 Å². The van der Waals surface area contributed by atoms with Crippen molar-refractivity contribution in [3.63, 3.8) is 0 Å². The van der Waals surface area contributed by atoms with E-state index in [0.717, 1.165) is 6.42 Å². The second-order valence-electron chi connectivity index (χ2n) is 4.65. The van der Waals surface area contributed by atoms with Crippen LogP contribution in [0.5, 0.6) is 0 Å². The van der Waals surface area contributed by atoms with E-state index >= 15 is 0 Å². The van der Waals surface area contributed by atoms with Crippen molar-refractivity contribution in [2.24, 2.45) is 7.05 Å². The lowest BCUT2D eigenvalue weighted by molar-refractivity contribution is -0.136. The molecule has 0 amide bonds. The molecule has 0 aromatic carbocycles. The maximum atomic E-state index is 11.9. The van der Waals surface area contributed by atoms with Crippen molar-refractivity contribution >= 4 is 23.1 Å². The largest absolute Gasteiger partial charge is 0.481 e. The highest BCUT2D eigenvalue weighted by atomic mass is 16.4. The molecular formula is C12H17N5O4. The molecule has 0 saturated heterocycles. The van der Waals surface area contributed by atoms with Gasteiger partial charge in [-0.1, -0.05) is 6.92 Å². The minimum atomic E-state index is -0.929. The van der Waals surface area contributed by atoms with E-state index in [-0.39, 0.29) is 18.5 Å². The number of aliphatic carboxylic acids is 1. The fourth-order valence-electron chi connectivity index (χ4n) is 2.12. The zero-order chi connectivity index (χ0) is 15.6. The van der Waals surface area contributed by atoms with E-state index < -0.39 is 17.2 Å². The van der Waals surface area contributed by atoms with Gasteiger partial charge in [0.05, 0.1) is 6.42 Å². The number of fused-ring (bicyclic) bond motifs is 1. The average molecular weight is 295 g/mol. The molecule has 2 aromatic heterocycles. The number of carbonyl (C=O) groups is 1. The number of nitrogens with zero attached hydrogens (tertiary/aromatic N) is 3. The Balaban J connectivity index is 2.51. The van der Waals surface area contributed by atoms with Gasteiger partial charge in [0.1, 0.15) is 0 Å². The van der Waals surface area contributed by atoms with Crippen LogP contribution in [0.15, 0.2) is 9.59 Å². The lowest BCUT2D eigenvalue weighted by Crippen LogP contribution is -2.30. The zero-order valence-corrected chi connectivity index (χ0v) is 11.8. The molecule has 114 valence electrons. The van der Waals surface area contributed by atoms with Crippen LogP contribution in [0, 0.1) is 0 Å². The van der Waals surface area contributed by atoms with Gasteiger partial charge in [0.15, 0.2) is 11.2 Å². The third-order valence-electron chi connectivity index (χ3n) is 3.08. The molecule has 0 aliphatic heterocycles. The Morgan fingerprint density at radius 3 is 2.76 bits per heavy atom. The molecule has 9 heteroatoms. The van der Waals surface area contributed by atoms with Crippen molar-refractivity contribution in [2.75, 3.05) is 11.9 Å². The molecule has 2 heterocycles. The van der Waals surface area contributed by atoms with Crippen molar-refractivity contribution in [3.05, 3.63) is 20.8 Å². The first kappa shape index (κ1) is 14.8. The van der Waals surface area contributed by atoms with Gasteiger partial charge in [-0.25, -0.2) is 4.79 Å². The monoisotopic (exact) mass is 295 g/mol. The topological polar surface area (TPSA) is 122 Å². The number of hydrogen-bond donors (Lipinski definition) is 3. The predicted octanol–water partition coefficient (Wildman–Crippen LogP) is -0.280. The second kappa shape index (κ2) is 5.81. The van der Waals surface area contributed by atoms with Crippen LogP contribution < -0.4 is 16.6 Å². The van der Waals surface area contributed by atoms with Gasteiger partial charge in [-0.05, 0) is 6.42 Å². The quantitative estimate of drug-likeness (QED) is 0.673. The van der Waals surface area contributed by atoms with Crippen LogP contribution in [0.1, 0.15) is 19.8 Å². The van der Waals surface area contributed by atoms with Gasteiger partial charge in [-0.2, -0.15) is 4.98 Å². The summed E-state index contributed by atoms with van der Waals surface area (Å²) < 4.78 is 2.92. The van der Waals surface area contributed by atoms with E-state index in [1.807, 2.05) is 6.92 Å².